The van der Waals surface area contributed by atoms with Gasteiger partial charge in [0.2, 0.25) is 5.60 Å². The zero-order valence-electron chi connectivity index (χ0n) is 34.0. The van der Waals surface area contributed by atoms with Gasteiger partial charge in [-0.2, -0.15) is 15.6 Å². The molecular weight excluding hydrogens is 765 g/mol. The number of nitrogens with two attached hydrogens (primary N) is 1. The molecule has 0 saturated carbocycles. The lowest BCUT2D eigenvalue weighted by Gasteiger charge is -2.26. The average molecular weight is 828 g/mol. The lowest BCUT2D eigenvalue weighted by atomic mass is 9.92. The average Bonchev–Trinajstić information content (AvgIpc) is 3.77. The Morgan fingerprint density at radius 3 is 2.16 bits per heavy atom. The van der Waals surface area contributed by atoms with Crippen LogP contribution in [0.3, 0.4) is 0 Å². The number of unbranched alkanes of at least 4 members (excludes halogenated alkanes) is 15. The zero-order chi connectivity index (χ0) is 41.8. The minimum Gasteiger partial charge on any atom is -0.387 e. The van der Waals surface area contributed by atoms with Gasteiger partial charge >= 0.3 is 7.82 Å². The van der Waals surface area contributed by atoms with E-state index in [2.05, 4.69) is 22.0 Å². The number of hydrogen-bond acceptors (Lipinski definition) is 14. The number of hydrogen-bond donors (Lipinski definition) is 4. The zero-order valence-corrected chi connectivity index (χ0v) is 34.9. The largest absolute Gasteiger partial charge is 0.472 e. The van der Waals surface area contributed by atoms with Crippen LogP contribution in [0.4, 0.5) is 5.82 Å². The molecule has 0 amide bonds. The molecule has 0 aliphatic carbocycles. The van der Waals surface area contributed by atoms with Gasteiger partial charge in [-0.25, -0.2) is 14.1 Å². The second-order valence-corrected chi connectivity index (χ2v) is 16.5. The fraction of sp³-hybridized carbons (Fsp3) is 0.683. The summed E-state index contributed by atoms with van der Waals surface area (Å²) in [6.45, 7) is 3.77. The van der Waals surface area contributed by atoms with Crippen molar-refractivity contribution in [1.82, 2.24) is 19.6 Å². The number of phosphoric ester groups is 1. The van der Waals surface area contributed by atoms with Crippen LogP contribution >= 0.6 is 7.82 Å². The van der Waals surface area contributed by atoms with E-state index in [1.807, 2.05) is 12.1 Å². The smallest absolute Gasteiger partial charge is 0.387 e. The van der Waals surface area contributed by atoms with E-state index in [0.29, 0.717) is 23.4 Å². The van der Waals surface area contributed by atoms with Crippen molar-refractivity contribution in [3.63, 3.8) is 0 Å². The van der Waals surface area contributed by atoms with Crippen molar-refractivity contribution in [3.8, 4) is 12.1 Å². The summed E-state index contributed by atoms with van der Waals surface area (Å²) in [5.74, 6) is 0.120. The molecule has 58 heavy (non-hydrogen) atoms. The van der Waals surface area contributed by atoms with E-state index in [0.717, 1.165) is 19.3 Å². The molecule has 1 aliphatic rings. The Morgan fingerprint density at radius 2 is 1.57 bits per heavy atom. The van der Waals surface area contributed by atoms with Gasteiger partial charge < -0.3 is 35.1 Å². The molecule has 16 nitrogen and oxygen atoms in total. The molecule has 0 aromatic carbocycles. The summed E-state index contributed by atoms with van der Waals surface area (Å²) in [7, 11) is -4.83. The Hall–Kier alpha value is -3.54. The molecule has 3 aromatic rings. The summed E-state index contributed by atoms with van der Waals surface area (Å²) < 4.78 is 43.0. The highest BCUT2D eigenvalue weighted by Crippen LogP contribution is 2.48. The Kier molecular flexibility index (Phi) is 19.9. The van der Waals surface area contributed by atoms with Gasteiger partial charge in [-0.05, 0) is 37.6 Å². The van der Waals surface area contributed by atoms with Gasteiger partial charge in [0.15, 0.2) is 5.82 Å². The first-order valence-electron chi connectivity index (χ1n) is 20.8. The number of fused-ring (bicyclic) bond motifs is 1. The highest BCUT2D eigenvalue weighted by molar-refractivity contribution is 7.47. The van der Waals surface area contributed by atoms with Crippen LogP contribution in [0, 0.1) is 22.7 Å². The van der Waals surface area contributed by atoms with Crippen LogP contribution in [0.15, 0.2) is 36.8 Å². The van der Waals surface area contributed by atoms with Gasteiger partial charge in [0.05, 0.1) is 42.9 Å². The van der Waals surface area contributed by atoms with Gasteiger partial charge in [-0.1, -0.05) is 103 Å². The molecule has 7 atom stereocenters. The van der Waals surface area contributed by atoms with Crippen LogP contribution in [0.2, 0.25) is 0 Å². The highest BCUT2D eigenvalue weighted by atomic mass is 31.2. The number of nitrogens with zero attached hydrogens (tertiary/aromatic N) is 6. The van der Waals surface area contributed by atoms with E-state index in [1.54, 1.807) is 12.1 Å². The maximum atomic E-state index is 13.2. The van der Waals surface area contributed by atoms with Crippen molar-refractivity contribution in [2.45, 2.75) is 159 Å². The third-order valence-electron chi connectivity index (χ3n) is 10.5. The van der Waals surface area contributed by atoms with E-state index in [1.165, 1.54) is 120 Å². The number of pyridine rings is 1. The van der Waals surface area contributed by atoms with Crippen molar-refractivity contribution < 1.29 is 42.9 Å². The second kappa shape index (κ2) is 24.5. The van der Waals surface area contributed by atoms with Crippen LogP contribution in [-0.2, 0) is 40.0 Å². The van der Waals surface area contributed by atoms with Gasteiger partial charge in [-0.15, -0.1) is 0 Å². The molecule has 17 heteroatoms. The van der Waals surface area contributed by atoms with E-state index in [4.69, 9.17) is 34.3 Å². The van der Waals surface area contributed by atoms with Crippen LogP contribution < -0.4 is 5.73 Å². The van der Waals surface area contributed by atoms with Crippen LogP contribution in [0.25, 0.3) is 5.52 Å². The van der Waals surface area contributed by atoms with Crippen molar-refractivity contribution >= 4 is 19.2 Å². The van der Waals surface area contributed by atoms with Gasteiger partial charge in [-0.3, -0.25) is 14.0 Å². The third-order valence-corrected chi connectivity index (χ3v) is 11.6. The number of anilines is 1. The van der Waals surface area contributed by atoms with E-state index in [-0.39, 0.29) is 24.7 Å². The minimum atomic E-state index is -4.83. The molecular formula is C41H62N7O9P. The summed E-state index contributed by atoms with van der Waals surface area (Å²) in [4.78, 5) is 18.9. The molecule has 4 heterocycles. The SMILES string of the molecule is CCCCCCCCCCCCCCCCCCOC[C@H](COP(=O)(O)O[C@@H](C)C1O[C@@](C#N)(c2ccc3c(N)ncnn23)[C@H](O)[C@@H]1O)OCc1ccc(C#N)cn1. The number of nitrogen functional groups attached to an aromatic ring is 1. The first-order chi connectivity index (χ1) is 28.0. The lowest BCUT2D eigenvalue weighted by molar-refractivity contribution is -0.0904. The Morgan fingerprint density at radius 1 is 0.931 bits per heavy atom. The lowest BCUT2D eigenvalue weighted by Crippen LogP contribution is -2.41. The first kappa shape index (κ1) is 47.1. The number of aliphatic hydroxyl groups excluding tert-OH is 2. The molecule has 320 valence electrons. The van der Waals surface area contributed by atoms with E-state index >= 15 is 0 Å². The van der Waals surface area contributed by atoms with Gasteiger partial charge in [0, 0.05) is 12.8 Å². The van der Waals surface area contributed by atoms with Gasteiger partial charge in [0.25, 0.3) is 0 Å². The molecule has 0 spiro atoms. The van der Waals surface area contributed by atoms with E-state index in [9.17, 15) is 24.9 Å². The molecule has 5 N–H and O–H groups in total. The van der Waals surface area contributed by atoms with Crippen molar-refractivity contribution in [2.24, 2.45) is 0 Å². The highest BCUT2D eigenvalue weighted by Gasteiger charge is 2.59. The molecule has 1 aliphatic heterocycles. The monoisotopic (exact) mass is 827 g/mol. The third kappa shape index (κ3) is 14.0. The van der Waals surface area contributed by atoms with Gasteiger partial charge in [0.1, 0.15) is 48.4 Å². The fourth-order valence-electron chi connectivity index (χ4n) is 7.11. The van der Waals surface area contributed by atoms with E-state index < -0.39 is 50.6 Å². The molecule has 4 rings (SSSR count). The standard InChI is InChI=1S/C41H62N7O9P/c1-3-4-5-6-7-8-9-10-11-12-13-14-15-16-17-18-23-53-27-34(54-26-33-20-19-32(24-42)25-45-33)28-55-58(51,52)57-31(2)38-37(49)39(50)41(29-43,56-38)36-22-21-35-40(44)46-30-47-48(35)36/h19-22,25,30-31,34,37-39,49-50H,3-18,23,26-28H2,1-2H3,(H,51,52)(H2,44,46,47)/t31-,34+,37+,38?,39+,41-/m0/s1. The molecule has 0 radical (unpaired) electrons. The topological polar surface area (TPSA) is 241 Å². The summed E-state index contributed by atoms with van der Waals surface area (Å²) >= 11 is 0. The maximum absolute atomic E-state index is 13.2. The fourth-order valence-corrected chi connectivity index (χ4v) is 8.07. The first-order valence-corrected chi connectivity index (χ1v) is 22.3. The number of rotatable bonds is 29. The Labute approximate surface area is 342 Å². The predicted molar refractivity (Wildman–Crippen MR) is 216 cm³/mol. The van der Waals surface area contributed by atoms with Crippen LogP contribution in [-0.4, -0.2) is 85.0 Å². The van der Waals surface area contributed by atoms with Crippen LogP contribution in [0.1, 0.15) is 134 Å². The summed E-state index contributed by atoms with van der Waals surface area (Å²) in [6, 6.07) is 10.2. The number of nitriles is 2. The minimum absolute atomic E-state index is 0.0242. The predicted octanol–water partition coefficient (Wildman–Crippen LogP) is 6.80. The molecule has 1 fully saturated rings. The maximum Gasteiger partial charge on any atom is 0.472 e. The normalized spacial score (nSPS) is 21.4. The quantitative estimate of drug-likeness (QED) is 0.0415. The molecule has 2 unspecified atom stereocenters. The Balaban J connectivity index is 1.21. The second-order valence-electron chi connectivity index (χ2n) is 15.1. The number of aromatic nitrogens is 4. The summed E-state index contributed by atoms with van der Waals surface area (Å²) in [5.41, 5.74) is 5.15. The van der Waals surface area contributed by atoms with Crippen molar-refractivity contribution in [2.75, 3.05) is 25.6 Å². The molecule has 3 aromatic heterocycles. The summed E-state index contributed by atoms with van der Waals surface area (Å²) in [5, 5.41) is 45.5. The van der Waals surface area contributed by atoms with Crippen molar-refractivity contribution in [1.29, 1.82) is 10.5 Å². The van der Waals surface area contributed by atoms with Crippen LogP contribution in [0.5, 0.6) is 0 Å². The van der Waals surface area contributed by atoms with Crippen molar-refractivity contribution in [3.05, 3.63) is 53.7 Å². The number of ether oxygens (including phenoxy) is 3. The number of aliphatic hydroxyl groups is 2. The molecule has 1 saturated heterocycles. The Bertz CT molecular complexity index is 1790. The molecule has 0 bridgehead atoms. The number of phosphoric acid groups is 1. The summed E-state index contributed by atoms with van der Waals surface area (Å²) in [6.07, 6.45) is 15.8.